The molecule has 1 aliphatic rings. The molecule has 1 N–H and O–H groups in total. The lowest BCUT2D eigenvalue weighted by Gasteiger charge is -2.19. The maximum atomic E-state index is 12.5. The molecular weight excluding hydrogens is 352 g/mol. The highest BCUT2D eigenvalue weighted by Gasteiger charge is 2.36. The van der Waals surface area contributed by atoms with Crippen LogP contribution < -0.4 is 15.0 Å². The number of methoxy groups -OCH3 is 1. The molecule has 2 amide bonds. The van der Waals surface area contributed by atoms with Gasteiger partial charge in [0.15, 0.2) is 5.16 Å². The Morgan fingerprint density at radius 1 is 1.42 bits per heavy atom. The zero-order valence-electron chi connectivity index (χ0n) is 15.1. The van der Waals surface area contributed by atoms with Gasteiger partial charge in [0, 0.05) is 20.0 Å². The van der Waals surface area contributed by atoms with Crippen LogP contribution in [0.25, 0.3) is 0 Å². The molecule has 3 rings (SSSR count). The minimum atomic E-state index is -0.374. The van der Waals surface area contributed by atoms with E-state index < -0.39 is 0 Å². The molecule has 1 fully saturated rings. The van der Waals surface area contributed by atoms with Gasteiger partial charge < -0.3 is 19.5 Å². The highest BCUT2D eigenvalue weighted by molar-refractivity contribution is 7.98. The van der Waals surface area contributed by atoms with E-state index in [-0.39, 0.29) is 24.2 Å². The van der Waals surface area contributed by atoms with E-state index >= 15 is 0 Å². The van der Waals surface area contributed by atoms with Crippen molar-refractivity contribution in [2.24, 2.45) is 13.0 Å². The standard InChI is InChI=1S/C18H22N4O3S/c1-21-13(10-20-18(21)26-3)9-19-17(24)12-8-16(23)22(11-12)14-6-4-5-7-15(14)25-2/h4-7,10,12H,8-9,11H2,1-3H3,(H,19,24). The number of thioether (sulfide) groups is 1. The second-order valence-corrected chi connectivity index (χ2v) is 6.86. The normalized spacial score (nSPS) is 16.8. The van der Waals surface area contributed by atoms with Crippen LogP contribution in [-0.4, -0.2) is 41.3 Å². The Morgan fingerprint density at radius 3 is 2.88 bits per heavy atom. The van der Waals surface area contributed by atoms with Gasteiger partial charge in [-0.1, -0.05) is 23.9 Å². The van der Waals surface area contributed by atoms with Crippen LogP contribution >= 0.6 is 11.8 Å². The Hall–Kier alpha value is -2.48. The number of nitrogens with zero attached hydrogens (tertiary/aromatic N) is 3. The molecule has 2 heterocycles. The van der Waals surface area contributed by atoms with E-state index in [9.17, 15) is 9.59 Å². The second-order valence-electron chi connectivity index (χ2n) is 6.09. The molecule has 0 saturated carbocycles. The van der Waals surface area contributed by atoms with E-state index in [0.717, 1.165) is 10.9 Å². The molecule has 26 heavy (non-hydrogen) atoms. The SMILES string of the molecule is COc1ccccc1N1CC(C(=O)NCc2cnc(SC)n2C)CC1=O. The van der Waals surface area contributed by atoms with Crippen LogP contribution in [0, 0.1) is 5.92 Å². The monoisotopic (exact) mass is 374 g/mol. The molecule has 0 radical (unpaired) electrons. The van der Waals surface area contributed by atoms with E-state index in [1.165, 1.54) is 0 Å². The van der Waals surface area contributed by atoms with Gasteiger partial charge in [-0.25, -0.2) is 4.98 Å². The quantitative estimate of drug-likeness (QED) is 0.781. The first kappa shape index (κ1) is 18.3. The minimum absolute atomic E-state index is 0.0696. The van der Waals surface area contributed by atoms with Crippen molar-refractivity contribution in [3.63, 3.8) is 0 Å². The summed E-state index contributed by atoms with van der Waals surface area (Å²) in [7, 11) is 3.49. The van der Waals surface area contributed by atoms with E-state index in [2.05, 4.69) is 10.3 Å². The van der Waals surface area contributed by atoms with Gasteiger partial charge in [0.05, 0.1) is 37.2 Å². The van der Waals surface area contributed by atoms with Gasteiger partial charge in [0.2, 0.25) is 11.8 Å². The van der Waals surface area contributed by atoms with Crippen LogP contribution in [0.2, 0.25) is 0 Å². The van der Waals surface area contributed by atoms with Crippen molar-refractivity contribution in [1.29, 1.82) is 0 Å². The molecule has 7 nitrogen and oxygen atoms in total. The van der Waals surface area contributed by atoms with Crippen LogP contribution in [0.15, 0.2) is 35.6 Å². The third-order valence-corrected chi connectivity index (χ3v) is 5.28. The molecule has 0 spiro atoms. The predicted molar refractivity (Wildman–Crippen MR) is 100 cm³/mol. The number of ether oxygens (including phenoxy) is 1. The Kier molecular flexibility index (Phi) is 5.51. The largest absolute Gasteiger partial charge is 0.495 e. The molecule has 138 valence electrons. The van der Waals surface area contributed by atoms with E-state index in [0.29, 0.717) is 24.5 Å². The molecule has 1 aliphatic heterocycles. The first-order valence-electron chi connectivity index (χ1n) is 8.30. The van der Waals surface area contributed by atoms with Crippen molar-refractivity contribution >= 4 is 29.3 Å². The first-order chi connectivity index (χ1) is 12.5. The molecule has 1 atom stereocenters. The fourth-order valence-corrected chi connectivity index (χ4v) is 3.62. The van der Waals surface area contributed by atoms with E-state index in [1.54, 1.807) is 30.0 Å². The lowest BCUT2D eigenvalue weighted by Crippen LogP contribution is -2.33. The van der Waals surface area contributed by atoms with Crippen LogP contribution in [0.5, 0.6) is 5.75 Å². The van der Waals surface area contributed by atoms with Crippen molar-refractivity contribution in [2.75, 3.05) is 24.8 Å². The number of para-hydroxylation sites is 2. The van der Waals surface area contributed by atoms with Gasteiger partial charge in [-0.05, 0) is 18.4 Å². The fraction of sp³-hybridized carbons (Fsp3) is 0.389. The Labute approximate surface area is 156 Å². The van der Waals surface area contributed by atoms with Crippen molar-refractivity contribution < 1.29 is 14.3 Å². The number of hydrogen-bond acceptors (Lipinski definition) is 5. The fourth-order valence-electron chi connectivity index (χ4n) is 3.07. The Balaban J connectivity index is 1.64. The number of nitrogens with one attached hydrogen (secondary N) is 1. The molecule has 2 aromatic rings. The van der Waals surface area contributed by atoms with Crippen LogP contribution in [0.4, 0.5) is 5.69 Å². The van der Waals surface area contributed by atoms with Gasteiger partial charge in [-0.3, -0.25) is 9.59 Å². The number of imidazole rings is 1. The minimum Gasteiger partial charge on any atom is -0.495 e. The second kappa shape index (κ2) is 7.82. The summed E-state index contributed by atoms with van der Waals surface area (Å²) >= 11 is 1.55. The molecule has 1 aromatic heterocycles. The molecule has 0 aliphatic carbocycles. The summed E-state index contributed by atoms with van der Waals surface area (Å²) < 4.78 is 7.28. The van der Waals surface area contributed by atoms with Crippen molar-refractivity contribution in [2.45, 2.75) is 18.1 Å². The number of benzene rings is 1. The van der Waals surface area contributed by atoms with Crippen LogP contribution in [-0.2, 0) is 23.2 Å². The maximum absolute atomic E-state index is 12.5. The molecule has 0 bridgehead atoms. The number of aromatic nitrogens is 2. The molecule has 1 unspecified atom stereocenters. The number of carbonyl (C=O) groups excluding carboxylic acids is 2. The number of rotatable bonds is 6. The summed E-state index contributed by atoms with van der Waals surface area (Å²) in [4.78, 5) is 30.8. The van der Waals surface area contributed by atoms with Gasteiger partial charge in [0.25, 0.3) is 0 Å². The molecule has 1 aromatic carbocycles. The number of hydrogen-bond donors (Lipinski definition) is 1. The van der Waals surface area contributed by atoms with Crippen LogP contribution in [0.1, 0.15) is 12.1 Å². The molecular formula is C18H22N4O3S. The lowest BCUT2D eigenvalue weighted by molar-refractivity contribution is -0.126. The third kappa shape index (κ3) is 3.55. The summed E-state index contributed by atoms with van der Waals surface area (Å²) in [6.07, 6.45) is 3.92. The average Bonchev–Trinajstić information content (AvgIpc) is 3.22. The zero-order valence-corrected chi connectivity index (χ0v) is 15.9. The average molecular weight is 374 g/mol. The number of carbonyl (C=O) groups is 2. The van der Waals surface area contributed by atoms with Gasteiger partial charge in [-0.15, -0.1) is 0 Å². The summed E-state index contributed by atoms with van der Waals surface area (Å²) in [5, 5.41) is 3.82. The van der Waals surface area contributed by atoms with Crippen molar-refractivity contribution in [3.05, 3.63) is 36.2 Å². The Bertz CT molecular complexity index is 821. The smallest absolute Gasteiger partial charge is 0.227 e. The summed E-state index contributed by atoms with van der Waals surface area (Å²) in [6.45, 7) is 0.745. The van der Waals surface area contributed by atoms with Gasteiger partial charge in [-0.2, -0.15) is 0 Å². The van der Waals surface area contributed by atoms with Crippen molar-refractivity contribution in [1.82, 2.24) is 14.9 Å². The predicted octanol–water partition coefficient (Wildman–Crippen LogP) is 1.82. The highest BCUT2D eigenvalue weighted by Crippen LogP contribution is 2.32. The summed E-state index contributed by atoms with van der Waals surface area (Å²) in [6, 6.07) is 7.34. The van der Waals surface area contributed by atoms with E-state index in [1.807, 2.05) is 42.1 Å². The Morgan fingerprint density at radius 2 is 2.19 bits per heavy atom. The molecule has 8 heteroatoms. The summed E-state index contributed by atoms with van der Waals surface area (Å²) in [5.74, 6) is 0.0598. The highest BCUT2D eigenvalue weighted by atomic mass is 32.2. The first-order valence-corrected chi connectivity index (χ1v) is 9.53. The van der Waals surface area contributed by atoms with Crippen LogP contribution in [0.3, 0.4) is 0 Å². The van der Waals surface area contributed by atoms with Crippen molar-refractivity contribution in [3.8, 4) is 5.75 Å². The lowest BCUT2D eigenvalue weighted by atomic mass is 10.1. The number of amides is 2. The number of anilines is 1. The van der Waals surface area contributed by atoms with Gasteiger partial charge >= 0.3 is 0 Å². The van der Waals surface area contributed by atoms with Gasteiger partial charge in [0.1, 0.15) is 5.75 Å². The van der Waals surface area contributed by atoms with E-state index in [4.69, 9.17) is 4.74 Å². The molecule has 1 saturated heterocycles. The summed E-state index contributed by atoms with van der Waals surface area (Å²) in [5.41, 5.74) is 1.63. The topological polar surface area (TPSA) is 76.5 Å². The zero-order chi connectivity index (χ0) is 18.7. The third-order valence-electron chi connectivity index (χ3n) is 4.54. The maximum Gasteiger partial charge on any atom is 0.227 e.